The Balaban J connectivity index is 3.54. The van der Waals surface area contributed by atoms with E-state index in [0.29, 0.717) is 0 Å². The highest BCUT2D eigenvalue weighted by molar-refractivity contribution is 5.81. The first-order valence-electron chi connectivity index (χ1n) is 3.19. The molecule has 54 valence electrons. The number of carbonyl (C=O) groups is 1. The highest BCUT2D eigenvalue weighted by atomic mass is 16.1. The fraction of sp³-hybridized carbons (Fsp3) is 0.833. The van der Waals surface area contributed by atoms with Crippen molar-refractivity contribution in [3.8, 4) is 0 Å². The van der Waals surface area contributed by atoms with E-state index in [1.165, 1.54) is 0 Å². The Morgan fingerprint density at radius 2 is 2.33 bits per heavy atom. The van der Waals surface area contributed by atoms with Crippen molar-refractivity contribution in [3.63, 3.8) is 0 Å². The second kappa shape index (κ2) is 4.47. The first-order valence-corrected chi connectivity index (χ1v) is 3.19. The van der Waals surface area contributed by atoms with Gasteiger partial charge in [0.15, 0.2) is 0 Å². The Labute approximate surface area is 55.6 Å². The van der Waals surface area contributed by atoms with E-state index in [-0.39, 0.29) is 11.8 Å². The molecule has 1 atom stereocenters. The van der Waals surface area contributed by atoms with E-state index in [2.05, 4.69) is 5.43 Å². The number of carbonyl (C=O) groups excluding carboxylic acids is 1. The smallest absolute Gasteiger partial charge is 0.148 e. The minimum atomic E-state index is -0.144. The van der Waals surface area contributed by atoms with E-state index in [0.717, 1.165) is 12.8 Å². The molecule has 1 unspecified atom stereocenters. The van der Waals surface area contributed by atoms with Crippen molar-refractivity contribution in [2.24, 2.45) is 5.84 Å². The molecule has 0 aromatic rings. The van der Waals surface area contributed by atoms with E-state index < -0.39 is 0 Å². The number of Topliss-reactive ketones (excluding diaryl/α,β-unsaturated/α-hetero) is 1. The van der Waals surface area contributed by atoms with Crippen LogP contribution in [0.4, 0.5) is 0 Å². The predicted octanol–water partition coefficient (Wildman–Crippen LogP) is 0.207. The molecule has 0 aliphatic rings. The van der Waals surface area contributed by atoms with Gasteiger partial charge in [-0.25, -0.2) is 5.43 Å². The second-order valence-electron chi connectivity index (χ2n) is 2.12. The minimum absolute atomic E-state index is 0.111. The van der Waals surface area contributed by atoms with Gasteiger partial charge in [-0.05, 0) is 13.3 Å². The molecule has 0 rings (SSSR count). The van der Waals surface area contributed by atoms with Crippen LogP contribution in [0.25, 0.3) is 0 Å². The zero-order chi connectivity index (χ0) is 7.28. The lowest BCUT2D eigenvalue weighted by Crippen LogP contribution is -2.39. The first-order chi connectivity index (χ1) is 4.22. The number of nitrogens with one attached hydrogen (secondary N) is 1. The summed E-state index contributed by atoms with van der Waals surface area (Å²) >= 11 is 0. The van der Waals surface area contributed by atoms with Gasteiger partial charge in [-0.3, -0.25) is 10.6 Å². The third kappa shape index (κ3) is 3.21. The summed E-state index contributed by atoms with van der Waals surface area (Å²) in [5.41, 5.74) is 2.45. The molecule has 0 saturated heterocycles. The lowest BCUT2D eigenvalue weighted by atomic mass is 10.1. The number of hydrogen-bond acceptors (Lipinski definition) is 3. The van der Waals surface area contributed by atoms with E-state index in [4.69, 9.17) is 5.84 Å². The number of ketones is 1. The normalized spacial score (nSPS) is 13.2. The van der Waals surface area contributed by atoms with Crippen molar-refractivity contribution in [1.82, 2.24) is 5.43 Å². The Bertz CT molecular complexity index is 93.1. The molecule has 0 saturated carbocycles. The molecular weight excluding hydrogens is 116 g/mol. The van der Waals surface area contributed by atoms with Crippen LogP contribution in [0.15, 0.2) is 0 Å². The Morgan fingerprint density at radius 1 is 1.78 bits per heavy atom. The second-order valence-corrected chi connectivity index (χ2v) is 2.12. The van der Waals surface area contributed by atoms with Crippen molar-refractivity contribution >= 4 is 5.78 Å². The van der Waals surface area contributed by atoms with Crippen molar-refractivity contribution in [1.29, 1.82) is 0 Å². The van der Waals surface area contributed by atoms with Crippen LogP contribution in [-0.4, -0.2) is 11.8 Å². The van der Waals surface area contributed by atoms with Crippen molar-refractivity contribution in [2.75, 3.05) is 0 Å². The number of hydrogen-bond donors (Lipinski definition) is 2. The van der Waals surface area contributed by atoms with Gasteiger partial charge < -0.3 is 0 Å². The zero-order valence-electron chi connectivity index (χ0n) is 5.98. The maximum atomic E-state index is 10.6. The van der Waals surface area contributed by atoms with Gasteiger partial charge in [0.2, 0.25) is 0 Å². The summed E-state index contributed by atoms with van der Waals surface area (Å²) in [6, 6.07) is -0.144. The molecule has 3 nitrogen and oxygen atoms in total. The molecule has 3 N–H and O–H groups in total. The SMILES string of the molecule is CCCC(NN)C(C)=O. The third-order valence-corrected chi connectivity index (χ3v) is 1.27. The van der Waals surface area contributed by atoms with Crippen molar-refractivity contribution in [2.45, 2.75) is 32.7 Å². The van der Waals surface area contributed by atoms with Crippen molar-refractivity contribution in [3.05, 3.63) is 0 Å². The summed E-state index contributed by atoms with van der Waals surface area (Å²) in [4.78, 5) is 10.6. The van der Waals surface area contributed by atoms with Gasteiger partial charge in [0.1, 0.15) is 5.78 Å². The molecule has 0 radical (unpaired) electrons. The number of hydrazine groups is 1. The molecule has 0 aromatic carbocycles. The molecule has 0 amide bonds. The highest BCUT2D eigenvalue weighted by Crippen LogP contribution is 1.94. The van der Waals surface area contributed by atoms with Crippen LogP contribution in [0.2, 0.25) is 0 Å². The molecule has 0 aromatic heterocycles. The summed E-state index contributed by atoms with van der Waals surface area (Å²) in [5.74, 6) is 5.20. The van der Waals surface area contributed by atoms with Crippen LogP contribution < -0.4 is 11.3 Å². The molecule has 0 bridgehead atoms. The van der Waals surface area contributed by atoms with Crippen LogP contribution in [0.3, 0.4) is 0 Å². The molecule has 0 fully saturated rings. The molecule has 0 aliphatic carbocycles. The maximum absolute atomic E-state index is 10.6. The summed E-state index contributed by atoms with van der Waals surface area (Å²) in [6.45, 7) is 3.56. The van der Waals surface area contributed by atoms with Gasteiger partial charge in [-0.2, -0.15) is 0 Å². The van der Waals surface area contributed by atoms with Gasteiger partial charge in [-0.15, -0.1) is 0 Å². The van der Waals surface area contributed by atoms with Gasteiger partial charge in [0.05, 0.1) is 6.04 Å². The lowest BCUT2D eigenvalue weighted by molar-refractivity contribution is -0.119. The van der Waals surface area contributed by atoms with Crippen molar-refractivity contribution < 1.29 is 4.79 Å². The summed E-state index contributed by atoms with van der Waals surface area (Å²) in [7, 11) is 0. The quantitative estimate of drug-likeness (QED) is 0.422. The number of rotatable bonds is 4. The Morgan fingerprint density at radius 3 is 2.44 bits per heavy atom. The summed E-state index contributed by atoms with van der Waals surface area (Å²) < 4.78 is 0. The fourth-order valence-corrected chi connectivity index (χ4v) is 0.693. The predicted molar refractivity (Wildman–Crippen MR) is 36.7 cm³/mol. The maximum Gasteiger partial charge on any atom is 0.148 e. The minimum Gasteiger partial charge on any atom is -0.298 e. The van der Waals surface area contributed by atoms with Crippen LogP contribution in [0, 0.1) is 0 Å². The van der Waals surface area contributed by atoms with Crippen LogP contribution in [0.1, 0.15) is 26.7 Å². The van der Waals surface area contributed by atoms with Crippen LogP contribution in [0.5, 0.6) is 0 Å². The van der Waals surface area contributed by atoms with E-state index in [1.54, 1.807) is 6.92 Å². The largest absolute Gasteiger partial charge is 0.298 e. The zero-order valence-corrected chi connectivity index (χ0v) is 5.98. The molecular formula is C6H14N2O. The molecule has 0 heterocycles. The standard InChI is InChI=1S/C6H14N2O/c1-3-4-6(8-7)5(2)9/h6,8H,3-4,7H2,1-2H3. The lowest BCUT2D eigenvalue weighted by Gasteiger charge is -2.09. The Kier molecular flexibility index (Phi) is 4.26. The van der Waals surface area contributed by atoms with Gasteiger partial charge >= 0.3 is 0 Å². The van der Waals surface area contributed by atoms with Gasteiger partial charge in [0, 0.05) is 0 Å². The fourth-order valence-electron chi connectivity index (χ4n) is 0.693. The first kappa shape index (κ1) is 8.59. The van der Waals surface area contributed by atoms with Crippen LogP contribution >= 0.6 is 0 Å². The van der Waals surface area contributed by atoms with E-state index >= 15 is 0 Å². The molecule has 0 spiro atoms. The Hall–Kier alpha value is -0.410. The summed E-state index contributed by atoms with van der Waals surface area (Å²) in [6.07, 6.45) is 1.81. The van der Waals surface area contributed by atoms with Gasteiger partial charge in [0.25, 0.3) is 0 Å². The monoisotopic (exact) mass is 130 g/mol. The molecule has 3 heteroatoms. The summed E-state index contributed by atoms with van der Waals surface area (Å²) in [5, 5.41) is 0. The van der Waals surface area contributed by atoms with Gasteiger partial charge in [-0.1, -0.05) is 13.3 Å². The number of nitrogens with two attached hydrogens (primary N) is 1. The highest BCUT2D eigenvalue weighted by Gasteiger charge is 2.08. The van der Waals surface area contributed by atoms with E-state index in [1.807, 2.05) is 6.92 Å². The van der Waals surface area contributed by atoms with Crippen LogP contribution in [-0.2, 0) is 4.79 Å². The molecule has 0 aliphatic heterocycles. The third-order valence-electron chi connectivity index (χ3n) is 1.27. The topological polar surface area (TPSA) is 55.1 Å². The average Bonchev–Trinajstić information content (AvgIpc) is 1.82. The average molecular weight is 130 g/mol. The molecule has 9 heavy (non-hydrogen) atoms. The van der Waals surface area contributed by atoms with E-state index in [9.17, 15) is 4.79 Å².